The fraction of sp³-hybridized carbons (Fsp3) is 1.00. The molecule has 2 nitrogen and oxygen atoms in total. The largest absolute Gasteiger partial charge is 0.329 e. The molecule has 2 aliphatic heterocycles. The van der Waals surface area contributed by atoms with E-state index in [1.807, 2.05) is 0 Å². The molecule has 2 bridgehead atoms. The number of fused-ring (bicyclic) bond motifs is 2. The summed E-state index contributed by atoms with van der Waals surface area (Å²) in [6.45, 7) is 3.57. The smallest absolute Gasteiger partial charge is 0.0347 e. The summed E-state index contributed by atoms with van der Waals surface area (Å²) in [4.78, 5) is 2.81. The first-order chi connectivity index (χ1) is 8.32. The van der Waals surface area contributed by atoms with Crippen molar-refractivity contribution in [1.82, 2.24) is 4.90 Å². The summed E-state index contributed by atoms with van der Waals surface area (Å²) in [7, 11) is 0. The molecule has 0 radical (unpaired) electrons. The molecule has 0 aromatic heterocycles. The van der Waals surface area contributed by atoms with Gasteiger partial charge in [-0.25, -0.2) is 0 Å². The summed E-state index contributed by atoms with van der Waals surface area (Å²) in [6.07, 6.45) is 8.59. The van der Waals surface area contributed by atoms with Crippen LogP contribution in [-0.4, -0.2) is 41.6 Å². The van der Waals surface area contributed by atoms with E-state index in [9.17, 15) is 0 Å². The Morgan fingerprint density at radius 3 is 2.35 bits per heavy atom. The van der Waals surface area contributed by atoms with Crippen molar-refractivity contribution in [3.63, 3.8) is 0 Å². The highest BCUT2D eigenvalue weighted by atomic mass is 32.2. The minimum absolute atomic E-state index is 0.375. The Morgan fingerprint density at radius 1 is 1.12 bits per heavy atom. The Kier molecular flexibility index (Phi) is 3.69. The van der Waals surface area contributed by atoms with Gasteiger partial charge in [-0.3, -0.25) is 4.90 Å². The van der Waals surface area contributed by atoms with E-state index in [0.29, 0.717) is 5.54 Å². The molecule has 17 heavy (non-hydrogen) atoms. The van der Waals surface area contributed by atoms with Crippen molar-refractivity contribution >= 4 is 11.8 Å². The summed E-state index contributed by atoms with van der Waals surface area (Å²) < 4.78 is 0. The molecule has 2 atom stereocenters. The second-order valence-electron chi connectivity index (χ2n) is 6.34. The Labute approximate surface area is 110 Å². The van der Waals surface area contributed by atoms with Crippen LogP contribution >= 0.6 is 11.8 Å². The molecule has 3 fully saturated rings. The number of nitrogens with zero attached hydrogens (tertiary/aromatic N) is 1. The predicted octanol–water partition coefficient (Wildman–Crippen LogP) is 2.33. The zero-order valence-corrected chi connectivity index (χ0v) is 11.7. The third-order valence-electron chi connectivity index (χ3n) is 5.32. The normalized spacial score (nSPS) is 37.9. The van der Waals surface area contributed by atoms with Gasteiger partial charge in [-0.1, -0.05) is 6.42 Å². The third kappa shape index (κ3) is 2.39. The van der Waals surface area contributed by atoms with Crippen molar-refractivity contribution in [3.8, 4) is 0 Å². The van der Waals surface area contributed by atoms with Crippen LogP contribution in [0.1, 0.15) is 38.5 Å². The predicted molar refractivity (Wildman–Crippen MR) is 75.4 cm³/mol. The molecule has 3 heteroatoms. The molecule has 1 saturated carbocycles. The topological polar surface area (TPSA) is 29.3 Å². The van der Waals surface area contributed by atoms with E-state index in [0.717, 1.165) is 18.4 Å². The van der Waals surface area contributed by atoms with Crippen molar-refractivity contribution < 1.29 is 0 Å². The van der Waals surface area contributed by atoms with Gasteiger partial charge in [0.2, 0.25) is 0 Å². The van der Waals surface area contributed by atoms with E-state index in [4.69, 9.17) is 5.73 Å². The SMILES string of the molecule is NCC1(N2CC3CCCC(C3)C2)CCSCC1. The van der Waals surface area contributed by atoms with Crippen LogP contribution in [0.2, 0.25) is 0 Å². The molecule has 0 spiro atoms. The standard InChI is InChI=1S/C14H26N2S/c15-11-14(4-6-17-7-5-14)16-9-12-2-1-3-13(8-12)10-16/h12-13H,1-11,15H2. The van der Waals surface area contributed by atoms with Gasteiger partial charge in [-0.2, -0.15) is 11.8 Å². The maximum atomic E-state index is 6.17. The zero-order chi connectivity index (χ0) is 11.7. The first kappa shape index (κ1) is 12.3. The maximum Gasteiger partial charge on any atom is 0.0347 e. The summed E-state index contributed by atoms with van der Waals surface area (Å²) in [5.74, 6) is 4.62. The van der Waals surface area contributed by atoms with E-state index < -0.39 is 0 Å². The lowest BCUT2D eigenvalue weighted by Gasteiger charge is -2.52. The van der Waals surface area contributed by atoms with Gasteiger partial charge in [0.15, 0.2) is 0 Å². The number of nitrogens with two attached hydrogens (primary N) is 1. The van der Waals surface area contributed by atoms with Gasteiger partial charge in [-0.15, -0.1) is 0 Å². The molecular formula is C14H26N2S. The second kappa shape index (κ2) is 5.10. The van der Waals surface area contributed by atoms with Gasteiger partial charge in [0.05, 0.1) is 0 Å². The van der Waals surface area contributed by atoms with Crippen LogP contribution in [0.5, 0.6) is 0 Å². The van der Waals surface area contributed by atoms with E-state index in [1.165, 1.54) is 63.1 Å². The Morgan fingerprint density at radius 2 is 1.76 bits per heavy atom. The molecule has 2 N–H and O–H groups in total. The molecular weight excluding hydrogens is 228 g/mol. The highest BCUT2D eigenvalue weighted by Crippen LogP contribution is 2.40. The van der Waals surface area contributed by atoms with Crippen LogP contribution in [0.4, 0.5) is 0 Å². The van der Waals surface area contributed by atoms with Crippen molar-refractivity contribution in [3.05, 3.63) is 0 Å². The van der Waals surface area contributed by atoms with Crippen molar-refractivity contribution in [2.75, 3.05) is 31.1 Å². The fourth-order valence-corrected chi connectivity index (χ4v) is 5.47. The maximum absolute atomic E-state index is 6.17. The summed E-state index contributed by atoms with van der Waals surface area (Å²) in [5.41, 5.74) is 6.54. The lowest BCUT2D eigenvalue weighted by molar-refractivity contribution is -0.00311. The molecule has 2 saturated heterocycles. The zero-order valence-electron chi connectivity index (χ0n) is 10.9. The molecule has 98 valence electrons. The Balaban J connectivity index is 1.73. The lowest BCUT2D eigenvalue weighted by Crippen LogP contribution is -2.60. The quantitative estimate of drug-likeness (QED) is 0.820. The van der Waals surface area contributed by atoms with E-state index in [-0.39, 0.29) is 0 Å². The van der Waals surface area contributed by atoms with Gasteiger partial charge in [0.25, 0.3) is 0 Å². The number of hydrogen-bond acceptors (Lipinski definition) is 3. The van der Waals surface area contributed by atoms with Crippen molar-refractivity contribution in [2.45, 2.75) is 44.1 Å². The van der Waals surface area contributed by atoms with Crippen molar-refractivity contribution in [2.24, 2.45) is 17.6 Å². The lowest BCUT2D eigenvalue weighted by atomic mass is 9.75. The summed E-state index contributed by atoms with van der Waals surface area (Å²) in [5, 5.41) is 0. The number of thioether (sulfide) groups is 1. The van der Waals surface area contributed by atoms with Gasteiger partial charge in [0, 0.05) is 25.2 Å². The van der Waals surface area contributed by atoms with E-state index in [1.54, 1.807) is 0 Å². The molecule has 1 aliphatic carbocycles. The molecule has 2 unspecified atom stereocenters. The first-order valence-corrected chi connectivity index (χ1v) is 8.51. The van der Waals surface area contributed by atoms with Crippen LogP contribution in [0.15, 0.2) is 0 Å². The molecule has 0 aromatic rings. The fourth-order valence-electron chi connectivity index (χ4n) is 4.22. The molecule has 3 rings (SSSR count). The van der Waals surface area contributed by atoms with Crippen LogP contribution in [0, 0.1) is 11.8 Å². The number of likely N-dealkylation sites (tertiary alicyclic amines) is 1. The average molecular weight is 254 g/mol. The molecule has 0 aromatic carbocycles. The Hall–Kier alpha value is 0.270. The van der Waals surface area contributed by atoms with Crippen LogP contribution in [0.3, 0.4) is 0 Å². The summed E-state index contributed by atoms with van der Waals surface area (Å²) in [6, 6.07) is 0. The third-order valence-corrected chi connectivity index (χ3v) is 6.31. The van der Waals surface area contributed by atoms with Crippen LogP contribution < -0.4 is 5.73 Å². The van der Waals surface area contributed by atoms with Gasteiger partial charge in [0.1, 0.15) is 0 Å². The number of hydrogen-bond donors (Lipinski definition) is 1. The minimum atomic E-state index is 0.375. The average Bonchev–Trinajstić information content (AvgIpc) is 2.39. The molecule has 3 aliphatic rings. The van der Waals surface area contributed by atoms with Crippen LogP contribution in [0.25, 0.3) is 0 Å². The highest BCUT2D eigenvalue weighted by molar-refractivity contribution is 7.99. The Bertz CT molecular complexity index is 251. The second-order valence-corrected chi connectivity index (χ2v) is 7.57. The van der Waals surface area contributed by atoms with Gasteiger partial charge < -0.3 is 5.73 Å². The van der Waals surface area contributed by atoms with E-state index in [2.05, 4.69) is 16.7 Å². The van der Waals surface area contributed by atoms with E-state index >= 15 is 0 Å². The van der Waals surface area contributed by atoms with Gasteiger partial charge >= 0.3 is 0 Å². The first-order valence-electron chi connectivity index (χ1n) is 7.35. The molecule has 2 heterocycles. The molecule has 0 amide bonds. The number of rotatable bonds is 2. The monoisotopic (exact) mass is 254 g/mol. The van der Waals surface area contributed by atoms with Crippen molar-refractivity contribution in [1.29, 1.82) is 0 Å². The minimum Gasteiger partial charge on any atom is -0.329 e. The highest BCUT2D eigenvalue weighted by Gasteiger charge is 2.42. The summed E-state index contributed by atoms with van der Waals surface area (Å²) >= 11 is 2.12. The van der Waals surface area contributed by atoms with Crippen LogP contribution in [-0.2, 0) is 0 Å². The van der Waals surface area contributed by atoms with Gasteiger partial charge in [-0.05, 0) is 55.4 Å². The number of piperidine rings is 1.